The van der Waals surface area contributed by atoms with E-state index in [4.69, 9.17) is 4.74 Å². The van der Waals surface area contributed by atoms with E-state index in [-0.39, 0.29) is 12.1 Å². The van der Waals surface area contributed by atoms with E-state index in [0.29, 0.717) is 0 Å². The number of carbonyl (C=O) groups excluding carboxylic acids is 1. The average Bonchev–Trinajstić information content (AvgIpc) is 2.75. The van der Waals surface area contributed by atoms with Crippen LogP contribution in [-0.4, -0.2) is 24.0 Å². The highest BCUT2D eigenvalue weighted by Gasteiger charge is 2.24. The fourth-order valence-corrected chi connectivity index (χ4v) is 3.62. The molecule has 142 valence electrons. The molecule has 0 bridgehead atoms. The summed E-state index contributed by atoms with van der Waals surface area (Å²) in [5.41, 5.74) is 3.51. The molecule has 28 heavy (non-hydrogen) atoms. The third-order valence-electron chi connectivity index (χ3n) is 5.27. The number of ether oxygens (including phenoxy) is 1. The Kier molecular flexibility index (Phi) is 5.29. The van der Waals surface area contributed by atoms with Crippen LogP contribution < -0.4 is 10.1 Å². The number of rotatable bonds is 4. The van der Waals surface area contributed by atoms with Crippen molar-refractivity contribution in [2.45, 2.75) is 25.3 Å². The first-order valence-corrected chi connectivity index (χ1v) is 9.62. The Hall–Kier alpha value is -3.27. The van der Waals surface area contributed by atoms with E-state index in [0.717, 1.165) is 36.4 Å². The van der Waals surface area contributed by atoms with Crippen molar-refractivity contribution in [2.24, 2.45) is 0 Å². The average molecular weight is 372 g/mol. The van der Waals surface area contributed by atoms with Crippen LogP contribution in [0.2, 0.25) is 0 Å². The Morgan fingerprint density at radius 2 is 1.54 bits per heavy atom. The highest BCUT2D eigenvalue weighted by atomic mass is 16.5. The molecule has 0 aromatic heterocycles. The van der Waals surface area contributed by atoms with Crippen LogP contribution in [0, 0.1) is 0 Å². The van der Waals surface area contributed by atoms with Gasteiger partial charge in [0, 0.05) is 18.8 Å². The van der Waals surface area contributed by atoms with Gasteiger partial charge in [-0.3, -0.25) is 0 Å². The molecule has 1 aliphatic carbocycles. The number of hydrogen-bond donors (Lipinski definition) is 1. The molecule has 1 unspecified atom stereocenters. The Morgan fingerprint density at radius 1 is 0.893 bits per heavy atom. The minimum absolute atomic E-state index is 0.0823. The largest absolute Gasteiger partial charge is 0.457 e. The molecule has 3 aromatic rings. The SMILES string of the molecule is CN(C(=O)Nc1ccc(Oc2ccccc2)cc1)C1CCc2ccccc2C1. The van der Waals surface area contributed by atoms with Crippen molar-refractivity contribution in [1.82, 2.24) is 4.90 Å². The molecular formula is C24H24N2O2. The van der Waals surface area contributed by atoms with Crippen LogP contribution in [0.5, 0.6) is 11.5 Å². The molecule has 0 spiro atoms. The van der Waals surface area contributed by atoms with Crippen molar-refractivity contribution < 1.29 is 9.53 Å². The number of para-hydroxylation sites is 1. The Balaban J connectivity index is 1.35. The number of hydrogen-bond acceptors (Lipinski definition) is 2. The van der Waals surface area contributed by atoms with Crippen molar-refractivity contribution in [3.63, 3.8) is 0 Å². The summed E-state index contributed by atoms with van der Waals surface area (Å²) in [6, 6.07) is 25.7. The van der Waals surface area contributed by atoms with Gasteiger partial charge in [-0.05, 0) is 66.8 Å². The third-order valence-corrected chi connectivity index (χ3v) is 5.27. The summed E-state index contributed by atoms with van der Waals surface area (Å²) in [6.07, 6.45) is 2.92. The smallest absolute Gasteiger partial charge is 0.321 e. The van der Waals surface area contributed by atoms with Gasteiger partial charge in [0.15, 0.2) is 0 Å². The fourth-order valence-electron chi connectivity index (χ4n) is 3.62. The number of anilines is 1. The van der Waals surface area contributed by atoms with Crippen molar-refractivity contribution in [3.05, 3.63) is 90.0 Å². The summed E-state index contributed by atoms with van der Waals surface area (Å²) in [5.74, 6) is 1.53. The molecule has 0 radical (unpaired) electrons. The van der Waals surface area contributed by atoms with Gasteiger partial charge in [-0.15, -0.1) is 0 Å². The number of likely N-dealkylation sites (N-methyl/N-ethyl adjacent to an activating group) is 1. The summed E-state index contributed by atoms with van der Waals surface area (Å²) in [5, 5.41) is 2.99. The molecule has 1 N–H and O–H groups in total. The van der Waals surface area contributed by atoms with Gasteiger partial charge in [0.25, 0.3) is 0 Å². The predicted octanol–water partition coefficient (Wildman–Crippen LogP) is 5.50. The minimum Gasteiger partial charge on any atom is -0.457 e. The van der Waals surface area contributed by atoms with Crippen LogP contribution in [0.15, 0.2) is 78.9 Å². The van der Waals surface area contributed by atoms with E-state index in [1.807, 2.05) is 66.5 Å². The van der Waals surface area contributed by atoms with Gasteiger partial charge in [-0.25, -0.2) is 4.79 Å². The second-order valence-corrected chi connectivity index (χ2v) is 7.15. The van der Waals surface area contributed by atoms with Gasteiger partial charge in [0.1, 0.15) is 11.5 Å². The highest BCUT2D eigenvalue weighted by molar-refractivity contribution is 5.89. The summed E-state index contributed by atoms with van der Waals surface area (Å²) in [6.45, 7) is 0. The zero-order chi connectivity index (χ0) is 19.3. The van der Waals surface area contributed by atoms with E-state index >= 15 is 0 Å². The normalized spacial score (nSPS) is 15.4. The van der Waals surface area contributed by atoms with Crippen LogP contribution in [0.25, 0.3) is 0 Å². The van der Waals surface area contributed by atoms with Crippen LogP contribution >= 0.6 is 0 Å². The maximum Gasteiger partial charge on any atom is 0.321 e. The lowest BCUT2D eigenvalue weighted by atomic mass is 9.88. The number of fused-ring (bicyclic) bond motifs is 1. The molecular weight excluding hydrogens is 348 g/mol. The van der Waals surface area contributed by atoms with Gasteiger partial charge in [0.2, 0.25) is 0 Å². The van der Waals surface area contributed by atoms with Crippen molar-refractivity contribution in [1.29, 1.82) is 0 Å². The molecule has 0 saturated carbocycles. The predicted molar refractivity (Wildman–Crippen MR) is 112 cm³/mol. The molecule has 0 saturated heterocycles. The summed E-state index contributed by atoms with van der Waals surface area (Å²) < 4.78 is 5.79. The van der Waals surface area contributed by atoms with E-state index in [1.165, 1.54) is 11.1 Å². The maximum atomic E-state index is 12.7. The first-order valence-electron chi connectivity index (χ1n) is 9.62. The maximum absolute atomic E-state index is 12.7. The Bertz CT molecular complexity index is 938. The topological polar surface area (TPSA) is 41.6 Å². The standard InChI is InChI=1S/C24H24N2O2/c1-26(21-14-11-18-7-5-6-8-19(18)17-21)24(27)25-20-12-15-23(16-13-20)28-22-9-3-2-4-10-22/h2-10,12-13,15-16,21H,11,14,17H2,1H3,(H,25,27). The van der Waals surface area contributed by atoms with Gasteiger partial charge < -0.3 is 15.0 Å². The van der Waals surface area contributed by atoms with Crippen molar-refractivity contribution >= 4 is 11.7 Å². The van der Waals surface area contributed by atoms with Crippen molar-refractivity contribution in [2.75, 3.05) is 12.4 Å². The molecule has 1 atom stereocenters. The number of amides is 2. The van der Waals surface area contributed by atoms with E-state index < -0.39 is 0 Å². The number of nitrogens with zero attached hydrogens (tertiary/aromatic N) is 1. The third kappa shape index (κ3) is 4.17. The van der Waals surface area contributed by atoms with E-state index in [1.54, 1.807) is 0 Å². The van der Waals surface area contributed by atoms with Crippen LogP contribution in [-0.2, 0) is 12.8 Å². The summed E-state index contributed by atoms with van der Waals surface area (Å²) >= 11 is 0. The summed E-state index contributed by atoms with van der Waals surface area (Å²) in [4.78, 5) is 14.5. The second-order valence-electron chi connectivity index (χ2n) is 7.15. The fraction of sp³-hybridized carbons (Fsp3) is 0.208. The van der Waals surface area contributed by atoms with Crippen LogP contribution in [0.3, 0.4) is 0 Å². The van der Waals surface area contributed by atoms with Gasteiger partial charge in [0.05, 0.1) is 0 Å². The van der Waals surface area contributed by atoms with Crippen molar-refractivity contribution in [3.8, 4) is 11.5 Å². The summed E-state index contributed by atoms with van der Waals surface area (Å²) in [7, 11) is 1.88. The molecule has 4 heteroatoms. The van der Waals surface area contributed by atoms with Gasteiger partial charge >= 0.3 is 6.03 Å². The lowest BCUT2D eigenvalue weighted by Crippen LogP contribution is -2.42. The number of aryl methyl sites for hydroxylation is 1. The first kappa shape index (κ1) is 18.1. The molecule has 4 rings (SSSR count). The molecule has 0 fully saturated rings. The number of carbonyl (C=O) groups is 1. The number of urea groups is 1. The lowest BCUT2D eigenvalue weighted by molar-refractivity contribution is 0.198. The van der Waals surface area contributed by atoms with Gasteiger partial charge in [-0.2, -0.15) is 0 Å². The number of nitrogens with one attached hydrogen (secondary N) is 1. The molecule has 4 nitrogen and oxygen atoms in total. The van der Waals surface area contributed by atoms with Crippen LogP contribution in [0.4, 0.5) is 10.5 Å². The van der Waals surface area contributed by atoms with E-state index in [9.17, 15) is 4.79 Å². The van der Waals surface area contributed by atoms with Crippen LogP contribution in [0.1, 0.15) is 17.5 Å². The van der Waals surface area contributed by atoms with E-state index in [2.05, 4.69) is 29.6 Å². The minimum atomic E-state index is -0.0823. The molecule has 2 amide bonds. The Labute approximate surface area is 165 Å². The zero-order valence-corrected chi connectivity index (χ0v) is 16.0. The van der Waals surface area contributed by atoms with Gasteiger partial charge in [-0.1, -0.05) is 42.5 Å². The first-order chi connectivity index (χ1) is 13.7. The molecule has 3 aromatic carbocycles. The Morgan fingerprint density at radius 3 is 2.29 bits per heavy atom. The molecule has 0 heterocycles. The lowest BCUT2D eigenvalue weighted by Gasteiger charge is -2.32. The highest BCUT2D eigenvalue weighted by Crippen LogP contribution is 2.25. The number of benzene rings is 3. The quantitative estimate of drug-likeness (QED) is 0.657. The molecule has 0 aliphatic heterocycles. The molecule has 1 aliphatic rings. The zero-order valence-electron chi connectivity index (χ0n) is 16.0. The monoisotopic (exact) mass is 372 g/mol. The second kappa shape index (κ2) is 8.17.